The summed E-state index contributed by atoms with van der Waals surface area (Å²) in [5.74, 6) is 1.09. The maximum absolute atomic E-state index is 9.39. The van der Waals surface area contributed by atoms with Gasteiger partial charge in [0.25, 0.3) is 0 Å². The molecule has 0 unspecified atom stereocenters. The zero-order chi connectivity index (χ0) is 12.3. The molecule has 0 aliphatic carbocycles. The molecule has 0 saturated carbocycles. The van der Waals surface area contributed by atoms with E-state index in [0.717, 1.165) is 11.1 Å². The Hall–Kier alpha value is -2.16. The van der Waals surface area contributed by atoms with Crippen LogP contribution in [0.5, 0.6) is 17.2 Å². The van der Waals surface area contributed by atoms with Crippen LogP contribution in [0.4, 0.5) is 0 Å². The molecule has 2 aromatic carbocycles. The molecule has 3 nitrogen and oxygen atoms in total. The summed E-state index contributed by atoms with van der Waals surface area (Å²) in [6.45, 7) is 2.25. The summed E-state index contributed by atoms with van der Waals surface area (Å²) >= 11 is 0. The third-order valence-electron chi connectivity index (χ3n) is 2.48. The molecule has 0 radical (unpaired) electrons. The van der Waals surface area contributed by atoms with Crippen LogP contribution in [-0.4, -0.2) is 10.2 Å². The van der Waals surface area contributed by atoms with E-state index in [1.54, 1.807) is 30.3 Å². The smallest absolute Gasteiger partial charge is 0.123 e. The van der Waals surface area contributed by atoms with Gasteiger partial charge < -0.3 is 14.9 Å². The molecule has 2 rings (SSSR count). The van der Waals surface area contributed by atoms with Crippen LogP contribution in [0.2, 0.25) is 0 Å². The molecule has 0 aromatic heterocycles. The zero-order valence-corrected chi connectivity index (χ0v) is 9.55. The topological polar surface area (TPSA) is 49.7 Å². The summed E-state index contributed by atoms with van der Waals surface area (Å²) in [5, 5.41) is 18.7. The zero-order valence-electron chi connectivity index (χ0n) is 9.55. The van der Waals surface area contributed by atoms with Crippen LogP contribution in [0.15, 0.2) is 42.5 Å². The molecule has 0 atom stereocenters. The third-order valence-corrected chi connectivity index (χ3v) is 2.48. The first-order chi connectivity index (χ1) is 8.15. The molecular weight excluding hydrogens is 216 g/mol. The molecule has 0 spiro atoms. The van der Waals surface area contributed by atoms with Gasteiger partial charge in [0.05, 0.1) is 0 Å². The van der Waals surface area contributed by atoms with Crippen LogP contribution in [0.1, 0.15) is 11.1 Å². The molecule has 3 heteroatoms. The van der Waals surface area contributed by atoms with Crippen molar-refractivity contribution in [1.82, 2.24) is 0 Å². The summed E-state index contributed by atoms with van der Waals surface area (Å²) < 4.78 is 5.53. The van der Waals surface area contributed by atoms with Gasteiger partial charge in [-0.05, 0) is 42.3 Å². The predicted octanol–water partition coefficient (Wildman–Crippen LogP) is 2.99. The minimum atomic E-state index is 0.185. The molecule has 0 amide bonds. The quantitative estimate of drug-likeness (QED) is 0.852. The minimum Gasteiger partial charge on any atom is -0.508 e. The fourth-order valence-corrected chi connectivity index (χ4v) is 1.55. The van der Waals surface area contributed by atoms with Gasteiger partial charge in [0.1, 0.15) is 23.9 Å². The van der Waals surface area contributed by atoms with Crippen molar-refractivity contribution in [2.75, 3.05) is 0 Å². The molecule has 88 valence electrons. The number of phenolic OH excluding ortho intramolecular Hbond substituents is 2. The Morgan fingerprint density at radius 3 is 2.59 bits per heavy atom. The molecular formula is C14H14O3. The summed E-state index contributed by atoms with van der Waals surface area (Å²) in [6.07, 6.45) is 0. The number of hydrogen-bond donors (Lipinski definition) is 2. The van der Waals surface area contributed by atoms with Crippen LogP contribution in [0.25, 0.3) is 0 Å². The number of aromatic hydroxyl groups is 2. The molecule has 0 saturated heterocycles. The van der Waals surface area contributed by atoms with Gasteiger partial charge in [-0.1, -0.05) is 12.1 Å². The van der Waals surface area contributed by atoms with Gasteiger partial charge in [-0.15, -0.1) is 0 Å². The van der Waals surface area contributed by atoms with Crippen LogP contribution < -0.4 is 4.74 Å². The second-order valence-corrected chi connectivity index (χ2v) is 3.91. The van der Waals surface area contributed by atoms with Gasteiger partial charge in [0.2, 0.25) is 0 Å². The van der Waals surface area contributed by atoms with Crippen LogP contribution in [-0.2, 0) is 6.61 Å². The number of hydrogen-bond acceptors (Lipinski definition) is 3. The summed E-state index contributed by atoms with van der Waals surface area (Å²) in [6, 6.07) is 12.0. The van der Waals surface area contributed by atoms with Crippen molar-refractivity contribution in [2.45, 2.75) is 13.5 Å². The van der Waals surface area contributed by atoms with E-state index in [9.17, 15) is 10.2 Å². The standard InChI is InChI=1S/C14H14O3/c1-10-7-11(5-6-14(10)16)9-17-13-4-2-3-12(15)8-13/h2-8,15-16H,9H2,1H3. The van der Waals surface area contributed by atoms with Gasteiger partial charge >= 0.3 is 0 Å². The van der Waals surface area contributed by atoms with E-state index in [0.29, 0.717) is 12.4 Å². The van der Waals surface area contributed by atoms with Gasteiger partial charge in [0.15, 0.2) is 0 Å². The van der Waals surface area contributed by atoms with Crippen LogP contribution >= 0.6 is 0 Å². The fourth-order valence-electron chi connectivity index (χ4n) is 1.55. The van der Waals surface area contributed by atoms with E-state index < -0.39 is 0 Å². The minimum absolute atomic E-state index is 0.185. The highest BCUT2D eigenvalue weighted by molar-refractivity contribution is 5.35. The Labute approximate surface area is 99.9 Å². The Kier molecular flexibility index (Phi) is 3.19. The molecule has 0 bridgehead atoms. The average Bonchev–Trinajstić information content (AvgIpc) is 2.31. The monoisotopic (exact) mass is 230 g/mol. The van der Waals surface area contributed by atoms with Gasteiger partial charge in [-0.3, -0.25) is 0 Å². The van der Waals surface area contributed by atoms with Crippen molar-refractivity contribution in [3.63, 3.8) is 0 Å². The van der Waals surface area contributed by atoms with E-state index in [4.69, 9.17) is 4.74 Å². The third kappa shape index (κ3) is 2.91. The molecule has 0 fully saturated rings. The van der Waals surface area contributed by atoms with E-state index >= 15 is 0 Å². The number of rotatable bonds is 3. The normalized spacial score (nSPS) is 10.2. The maximum Gasteiger partial charge on any atom is 0.123 e. The van der Waals surface area contributed by atoms with Crippen molar-refractivity contribution < 1.29 is 14.9 Å². The number of aryl methyl sites for hydroxylation is 1. The predicted molar refractivity (Wildman–Crippen MR) is 65.3 cm³/mol. The number of phenols is 2. The van der Waals surface area contributed by atoms with Crippen molar-refractivity contribution in [3.05, 3.63) is 53.6 Å². The Morgan fingerprint density at radius 1 is 1.06 bits per heavy atom. The van der Waals surface area contributed by atoms with Gasteiger partial charge in [-0.25, -0.2) is 0 Å². The van der Waals surface area contributed by atoms with Crippen molar-refractivity contribution >= 4 is 0 Å². The average molecular weight is 230 g/mol. The Balaban J connectivity index is 2.05. The molecule has 0 aliphatic heterocycles. The second-order valence-electron chi connectivity index (χ2n) is 3.91. The highest BCUT2D eigenvalue weighted by atomic mass is 16.5. The first-order valence-electron chi connectivity index (χ1n) is 5.35. The first-order valence-corrected chi connectivity index (χ1v) is 5.35. The Morgan fingerprint density at radius 2 is 1.88 bits per heavy atom. The van der Waals surface area contributed by atoms with Crippen LogP contribution in [0, 0.1) is 6.92 Å². The highest BCUT2D eigenvalue weighted by Gasteiger charge is 2.00. The Bertz CT molecular complexity index is 521. The lowest BCUT2D eigenvalue weighted by Crippen LogP contribution is -1.95. The van der Waals surface area contributed by atoms with E-state index in [2.05, 4.69) is 0 Å². The number of benzene rings is 2. The molecule has 0 aliphatic rings. The molecule has 0 heterocycles. The fraction of sp³-hybridized carbons (Fsp3) is 0.143. The largest absolute Gasteiger partial charge is 0.508 e. The number of ether oxygens (including phenoxy) is 1. The first kappa shape index (κ1) is 11.3. The van der Waals surface area contributed by atoms with Gasteiger partial charge in [-0.2, -0.15) is 0 Å². The van der Waals surface area contributed by atoms with E-state index in [1.165, 1.54) is 0 Å². The van der Waals surface area contributed by atoms with Gasteiger partial charge in [0, 0.05) is 6.07 Å². The molecule has 2 aromatic rings. The van der Waals surface area contributed by atoms with Crippen molar-refractivity contribution in [1.29, 1.82) is 0 Å². The van der Waals surface area contributed by atoms with E-state index in [1.807, 2.05) is 19.1 Å². The van der Waals surface area contributed by atoms with E-state index in [-0.39, 0.29) is 11.5 Å². The summed E-state index contributed by atoms with van der Waals surface area (Å²) in [7, 11) is 0. The molecule has 2 N–H and O–H groups in total. The van der Waals surface area contributed by atoms with Crippen molar-refractivity contribution in [3.8, 4) is 17.2 Å². The second kappa shape index (κ2) is 4.78. The highest BCUT2D eigenvalue weighted by Crippen LogP contribution is 2.21. The maximum atomic E-state index is 9.39. The summed E-state index contributed by atoms with van der Waals surface area (Å²) in [5.41, 5.74) is 1.80. The molecule has 17 heavy (non-hydrogen) atoms. The van der Waals surface area contributed by atoms with Crippen LogP contribution in [0.3, 0.4) is 0 Å². The lowest BCUT2D eigenvalue weighted by atomic mass is 10.1. The summed E-state index contributed by atoms with van der Waals surface area (Å²) in [4.78, 5) is 0. The van der Waals surface area contributed by atoms with Crippen molar-refractivity contribution in [2.24, 2.45) is 0 Å². The SMILES string of the molecule is Cc1cc(COc2cccc(O)c2)ccc1O. The lowest BCUT2D eigenvalue weighted by Gasteiger charge is -2.07. The lowest BCUT2D eigenvalue weighted by molar-refractivity contribution is 0.304.